The van der Waals surface area contributed by atoms with Gasteiger partial charge in [-0.15, -0.1) is 11.6 Å². The molecule has 0 aromatic carbocycles. The van der Waals surface area contributed by atoms with Crippen molar-refractivity contribution in [1.29, 1.82) is 0 Å². The van der Waals surface area contributed by atoms with Crippen LogP contribution in [0, 0.1) is 0 Å². The van der Waals surface area contributed by atoms with Gasteiger partial charge in [0, 0.05) is 11.1 Å². The topological polar surface area (TPSA) is 0 Å². The van der Waals surface area contributed by atoms with Gasteiger partial charge in [0.15, 0.2) is 0 Å². The summed E-state index contributed by atoms with van der Waals surface area (Å²) in [5.74, 6) is 0.282. The molecule has 0 fully saturated rings. The average molecular weight is 193 g/mol. The molecule has 0 aromatic heterocycles. The zero-order valence-electron chi connectivity index (χ0n) is 5.41. The zero-order chi connectivity index (χ0) is 8.20. The van der Waals surface area contributed by atoms with Gasteiger partial charge in [-0.3, -0.25) is 0 Å². The molecule has 0 aromatic rings. The van der Waals surface area contributed by atoms with Crippen LogP contribution in [0.25, 0.3) is 0 Å². The van der Waals surface area contributed by atoms with Crippen LogP contribution in [0.2, 0.25) is 0 Å². The fourth-order valence-electron chi connectivity index (χ4n) is 0.441. The van der Waals surface area contributed by atoms with Gasteiger partial charge in [-0.05, 0) is 18.2 Å². The van der Waals surface area contributed by atoms with Crippen LogP contribution in [0.15, 0.2) is 0 Å². The summed E-state index contributed by atoms with van der Waals surface area (Å²) >= 11 is 5.24. The van der Waals surface area contributed by atoms with E-state index in [2.05, 4.69) is 0 Å². The molecule has 0 amide bonds. The van der Waals surface area contributed by atoms with Gasteiger partial charge in [-0.2, -0.15) is 13.2 Å². The quantitative estimate of drug-likeness (QED) is 0.619. The molecule has 5 heteroatoms. The van der Waals surface area contributed by atoms with E-state index in [9.17, 15) is 13.2 Å². The second-order valence-corrected chi connectivity index (χ2v) is 3.73. The molecule has 0 aliphatic carbocycles. The summed E-state index contributed by atoms with van der Waals surface area (Å²) in [6, 6.07) is 0. The Morgan fingerprint density at radius 2 is 2.00 bits per heavy atom. The van der Waals surface area contributed by atoms with Gasteiger partial charge in [0.2, 0.25) is 0 Å². The van der Waals surface area contributed by atoms with Crippen LogP contribution in [-0.2, 0) is 0 Å². The molecule has 0 aliphatic heterocycles. The summed E-state index contributed by atoms with van der Waals surface area (Å²) in [7, 11) is 0. The Hall–Kier alpha value is 0.430. The first-order valence-electron chi connectivity index (χ1n) is 2.76. The van der Waals surface area contributed by atoms with Crippen molar-refractivity contribution in [2.45, 2.75) is 24.1 Å². The molecular formula is C5H8ClF3S. The zero-order valence-corrected chi connectivity index (χ0v) is 6.98. The van der Waals surface area contributed by atoms with E-state index in [0.29, 0.717) is 6.42 Å². The molecule has 0 nitrogen and oxygen atoms in total. The molecule has 10 heavy (non-hydrogen) atoms. The van der Waals surface area contributed by atoms with Crippen molar-refractivity contribution >= 4 is 23.4 Å². The Balaban J connectivity index is 3.47. The number of alkyl halides is 4. The lowest BCUT2D eigenvalue weighted by Gasteiger charge is -2.10. The molecule has 0 heterocycles. The van der Waals surface area contributed by atoms with Crippen LogP contribution >= 0.6 is 23.4 Å². The van der Waals surface area contributed by atoms with E-state index >= 15 is 0 Å². The summed E-state index contributed by atoms with van der Waals surface area (Å²) in [6.45, 7) is 1.51. The molecule has 0 saturated heterocycles. The molecule has 1 unspecified atom stereocenters. The van der Waals surface area contributed by atoms with Crippen molar-refractivity contribution in [1.82, 2.24) is 0 Å². The third kappa shape index (κ3) is 6.55. The molecular weight excluding hydrogens is 185 g/mol. The van der Waals surface area contributed by atoms with E-state index in [1.54, 1.807) is 0 Å². The third-order valence-corrected chi connectivity index (χ3v) is 1.97. The molecule has 0 bridgehead atoms. The number of halogens is 4. The van der Waals surface area contributed by atoms with Crippen molar-refractivity contribution in [2.75, 3.05) is 5.88 Å². The predicted molar refractivity (Wildman–Crippen MR) is 38.4 cm³/mol. The van der Waals surface area contributed by atoms with Crippen molar-refractivity contribution in [2.24, 2.45) is 0 Å². The Bertz CT molecular complexity index is 93.4. The largest absolute Gasteiger partial charge is 0.442 e. The monoisotopic (exact) mass is 192 g/mol. The normalized spacial score (nSPS) is 15.3. The van der Waals surface area contributed by atoms with Gasteiger partial charge in [0.1, 0.15) is 0 Å². The maximum Gasteiger partial charge on any atom is 0.442 e. The highest BCUT2D eigenvalue weighted by atomic mass is 35.5. The molecule has 0 aliphatic rings. The minimum atomic E-state index is -4.12. The van der Waals surface area contributed by atoms with E-state index in [1.165, 1.54) is 6.92 Å². The van der Waals surface area contributed by atoms with E-state index in [4.69, 9.17) is 11.6 Å². The summed E-state index contributed by atoms with van der Waals surface area (Å²) in [5, 5.41) is -0.433. The Morgan fingerprint density at radius 3 is 2.30 bits per heavy atom. The lowest BCUT2D eigenvalue weighted by atomic mass is 10.4. The van der Waals surface area contributed by atoms with Gasteiger partial charge < -0.3 is 0 Å². The van der Waals surface area contributed by atoms with Crippen LogP contribution in [0.4, 0.5) is 13.2 Å². The first-order chi connectivity index (χ1) is 4.45. The van der Waals surface area contributed by atoms with E-state index in [1.807, 2.05) is 0 Å². The summed E-state index contributed by atoms with van der Waals surface area (Å²) < 4.78 is 34.6. The minimum Gasteiger partial charge on any atom is -0.160 e. The molecule has 0 saturated carbocycles. The van der Waals surface area contributed by atoms with Crippen LogP contribution in [0.5, 0.6) is 0 Å². The van der Waals surface area contributed by atoms with Crippen LogP contribution in [-0.4, -0.2) is 16.6 Å². The van der Waals surface area contributed by atoms with E-state index in [0.717, 1.165) is 0 Å². The summed E-state index contributed by atoms with van der Waals surface area (Å²) in [4.78, 5) is 0. The second kappa shape index (κ2) is 4.34. The average Bonchev–Trinajstić information content (AvgIpc) is 1.59. The van der Waals surface area contributed by atoms with Crippen molar-refractivity contribution in [3.63, 3.8) is 0 Å². The fraction of sp³-hybridized carbons (Fsp3) is 1.00. The number of hydrogen-bond donors (Lipinski definition) is 0. The minimum absolute atomic E-state index is 0.00315. The molecule has 0 spiro atoms. The third-order valence-electron chi connectivity index (χ3n) is 0.850. The van der Waals surface area contributed by atoms with E-state index < -0.39 is 10.8 Å². The summed E-state index contributed by atoms with van der Waals surface area (Å²) in [5.41, 5.74) is -4.12. The Labute approximate surface area is 67.1 Å². The van der Waals surface area contributed by atoms with Gasteiger partial charge in [-0.1, -0.05) is 6.92 Å². The second-order valence-electron chi connectivity index (χ2n) is 1.85. The van der Waals surface area contributed by atoms with Crippen molar-refractivity contribution in [3.8, 4) is 0 Å². The number of rotatable bonds is 3. The lowest BCUT2D eigenvalue weighted by molar-refractivity contribution is -0.0333. The van der Waals surface area contributed by atoms with Gasteiger partial charge >= 0.3 is 5.51 Å². The maximum atomic E-state index is 11.5. The Kier molecular flexibility index (Phi) is 4.52. The predicted octanol–water partition coefficient (Wildman–Crippen LogP) is 3.26. The highest BCUT2D eigenvalue weighted by Crippen LogP contribution is 2.34. The Morgan fingerprint density at radius 1 is 1.50 bits per heavy atom. The standard InChI is InChI=1S/C5H8ClF3S/c1-4(2-3-6)10-5(7,8)9/h4H,2-3H2,1H3. The molecule has 0 N–H and O–H groups in total. The van der Waals surface area contributed by atoms with E-state index in [-0.39, 0.29) is 17.6 Å². The maximum absolute atomic E-state index is 11.5. The lowest BCUT2D eigenvalue weighted by Crippen LogP contribution is -2.08. The van der Waals surface area contributed by atoms with Crippen molar-refractivity contribution in [3.05, 3.63) is 0 Å². The van der Waals surface area contributed by atoms with Crippen LogP contribution in [0.3, 0.4) is 0 Å². The van der Waals surface area contributed by atoms with Crippen LogP contribution < -0.4 is 0 Å². The van der Waals surface area contributed by atoms with Crippen LogP contribution in [0.1, 0.15) is 13.3 Å². The molecule has 0 rings (SSSR count). The first-order valence-corrected chi connectivity index (χ1v) is 4.17. The number of hydrogen-bond acceptors (Lipinski definition) is 1. The summed E-state index contributed by atoms with van der Waals surface area (Å²) in [6.07, 6.45) is 0.395. The SMILES string of the molecule is CC(CCCl)SC(F)(F)F. The molecule has 62 valence electrons. The molecule has 0 radical (unpaired) electrons. The van der Waals surface area contributed by atoms with Crippen molar-refractivity contribution < 1.29 is 13.2 Å². The first kappa shape index (κ1) is 10.4. The molecule has 1 atom stereocenters. The van der Waals surface area contributed by atoms with Gasteiger partial charge in [0.05, 0.1) is 0 Å². The highest BCUT2D eigenvalue weighted by molar-refractivity contribution is 8.00. The smallest absolute Gasteiger partial charge is 0.160 e. The van der Waals surface area contributed by atoms with Gasteiger partial charge in [-0.25, -0.2) is 0 Å². The highest BCUT2D eigenvalue weighted by Gasteiger charge is 2.30. The fourth-order valence-corrected chi connectivity index (χ4v) is 1.59. The number of thioether (sulfide) groups is 1. The van der Waals surface area contributed by atoms with Gasteiger partial charge in [0.25, 0.3) is 0 Å².